The fraction of sp³-hybridized carbons (Fsp3) is 0.125. The van der Waals surface area contributed by atoms with Crippen LogP contribution in [-0.2, 0) is 4.79 Å². The molecule has 0 heterocycles. The number of hydrazone groups is 1. The van der Waals surface area contributed by atoms with E-state index in [1.54, 1.807) is 0 Å². The predicted octanol–water partition coefficient (Wildman–Crippen LogP) is 3.42. The van der Waals surface area contributed by atoms with Crippen LogP contribution in [-0.4, -0.2) is 23.8 Å². The lowest BCUT2D eigenvalue weighted by molar-refractivity contribution is -0.119. The molecule has 0 spiro atoms. The summed E-state index contributed by atoms with van der Waals surface area (Å²) in [6, 6.07) is 10.4. The minimum absolute atomic E-state index is 0.0476. The summed E-state index contributed by atoms with van der Waals surface area (Å²) in [4.78, 5) is 22.3. The zero-order valence-corrected chi connectivity index (χ0v) is 14.4. The van der Waals surface area contributed by atoms with Gasteiger partial charge in [-0.2, -0.15) is 5.10 Å². The van der Waals surface area contributed by atoms with E-state index in [1.165, 1.54) is 18.3 Å². The largest absolute Gasteiger partial charge is 0.506 e. The minimum atomic E-state index is -0.352. The number of phenols is 1. The van der Waals surface area contributed by atoms with Crippen LogP contribution in [0.5, 0.6) is 5.75 Å². The molecule has 2 rings (SSSR count). The van der Waals surface area contributed by atoms with E-state index in [9.17, 15) is 14.8 Å². The van der Waals surface area contributed by atoms with Crippen LogP contribution in [0.4, 0.5) is 11.4 Å². The Balaban J connectivity index is 1.91. The Bertz CT molecular complexity index is 776. The number of anilines is 1. The summed E-state index contributed by atoms with van der Waals surface area (Å²) in [5.41, 5.74) is 4.68. The van der Waals surface area contributed by atoms with Crippen molar-refractivity contribution in [3.05, 3.63) is 56.9 Å². The van der Waals surface area contributed by atoms with Gasteiger partial charge >= 0.3 is 0 Å². The predicted molar refractivity (Wildman–Crippen MR) is 96.7 cm³/mol. The maximum Gasteiger partial charge on any atom is 0.259 e. The molecule has 0 aliphatic carbocycles. The lowest BCUT2D eigenvalue weighted by atomic mass is 10.2. The van der Waals surface area contributed by atoms with E-state index in [1.807, 2.05) is 31.2 Å². The van der Waals surface area contributed by atoms with Gasteiger partial charge in [-0.25, -0.2) is 5.43 Å². The molecule has 7 nitrogen and oxygen atoms in total. The van der Waals surface area contributed by atoms with Crippen molar-refractivity contribution in [1.82, 2.24) is 5.43 Å². The number of rotatable bonds is 6. The molecular weight excluding hydrogens is 376 g/mol. The number of nitrogens with one attached hydrogen (secondary N) is 2. The van der Waals surface area contributed by atoms with Crippen molar-refractivity contribution in [3.63, 3.8) is 0 Å². The van der Waals surface area contributed by atoms with Gasteiger partial charge in [0, 0.05) is 11.3 Å². The topological polar surface area (TPSA) is 103 Å². The highest BCUT2D eigenvalue weighted by atomic mass is 79.9. The molecule has 124 valence electrons. The van der Waals surface area contributed by atoms with E-state index in [0.29, 0.717) is 4.47 Å². The number of nitrogens with zero attached hydrogens (tertiary/aromatic N) is 2. The smallest absolute Gasteiger partial charge is 0.259 e. The first-order chi connectivity index (χ1) is 11.5. The monoisotopic (exact) mass is 390 g/mol. The maximum atomic E-state index is 11.7. The van der Waals surface area contributed by atoms with Crippen LogP contribution in [0.25, 0.3) is 0 Å². The molecular formula is C16H15BrN4O3. The van der Waals surface area contributed by atoms with Crippen molar-refractivity contribution in [2.24, 2.45) is 10.3 Å². The molecule has 0 saturated carbocycles. The van der Waals surface area contributed by atoms with Crippen LogP contribution >= 0.6 is 15.9 Å². The molecule has 0 aliphatic heterocycles. The highest BCUT2D eigenvalue weighted by molar-refractivity contribution is 9.10. The third-order valence-corrected chi connectivity index (χ3v) is 3.69. The molecule has 24 heavy (non-hydrogen) atoms. The summed E-state index contributed by atoms with van der Waals surface area (Å²) in [7, 11) is 0. The molecule has 0 bridgehead atoms. The number of phenolic OH excluding ortho intramolecular Hbond substituents is 1. The second kappa shape index (κ2) is 8.21. The van der Waals surface area contributed by atoms with Gasteiger partial charge in [-0.1, -0.05) is 17.7 Å². The van der Waals surface area contributed by atoms with E-state index in [4.69, 9.17) is 0 Å². The summed E-state index contributed by atoms with van der Waals surface area (Å²) < 4.78 is 0.313. The number of hydrogen-bond acceptors (Lipinski definition) is 6. The van der Waals surface area contributed by atoms with Crippen LogP contribution in [0.2, 0.25) is 0 Å². The van der Waals surface area contributed by atoms with Gasteiger partial charge in [0.2, 0.25) is 0 Å². The van der Waals surface area contributed by atoms with E-state index >= 15 is 0 Å². The Labute approximate surface area is 146 Å². The molecule has 1 amide bonds. The number of aryl methyl sites for hydroxylation is 1. The van der Waals surface area contributed by atoms with Gasteiger partial charge in [0.05, 0.1) is 17.2 Å². The summed E-state index contributed by atoms with van der Waals surface area (Å²) in [5, 5.41) is 19.4. The van der Waals surface area contributed by atoms with Gasteiger partial charge in [-0.15, -0.1) is 4.91 Å². The van der Waals surface area contributed by atoms with Crippen molar-refractivity contribution in [2.45, 2.75) is 6.92 Å². The van der Waals surface area contributed by atoms with Gasteiger partial charge in [0.1, 0.15) is 11.4 Å². The van der Waals surface area contributed by atoms with Gasteiger partial charge in [0.25, 0.3) is 5.91 Å². The SMILES string of the molecule is Cc1ccc(NCC(=O)N/N=C/c2cc(N=O)cc(Br)c2O)cc1. The lowest BCUT2D eigenvalue weighted by Crippen LogP contribution is -2.25. The Morgan fingerprint density at radius 2 is 2.00 bits per heavy atom. The van der Waals surface area contributed by atoms with Crippen LogP contribution in [0.3, 0.4) is 0 Å². The average molecular weight is 391 g/mol. The number of benzene rings is 2. The van der Waals surface area contributed by atoms with Crippen molar-refractivity contribution >= 4 is 39.4 Å². The highest BCUT2D eigenvalue weighted by Crippen LogP contribution is 2.31. The molecule has 8 heteroatoms. The molecule has 0 aromatic heterocycles. The molecule has 0 aliphatic rings. The van der Waals surface area contributed by atoms with Crippen LogP contribution < -0.4 is 10.7 Å². The molecule has 0 saturated heterocycles. The van der Waals surface area contributed by atoms with E-state index in [0.717, 1.165) is 11.3 Å². The van der Waals surface area contributed by atoms with Gasteiger partial charge in [-0.05, 0) is 52.3 Å². The zero-order chi connectivity index (χ0) is 17.5. The third kappa shape index (κ3) is 4.88. The second-order valence-electron chi connectivity index (χ2n) is 4.97. The summed E-state index contributed by atoms with van der Waals surface area (Å²) in [6.07, 6.45) is 1.23. The highest BCUT2D eigenvalue weighted by Gasteiger charge is 2.07. The second-order valence-corrected chi connectivity index (χ2v) is 5.82. The third-order valence-electron chi connectivity index (χ3n) is 3.08. The molecule has 0 radical (unpaired) electrons. The first-order valence-corrected chi connectivity index (χ1v) is 7.77. The Kier molecular flexibility index (Phi) is 6.02. The first kappa shape index (κ1) is 17.6. The lowest BCUT2D eigenvalue weighted by Gasteiger charge is -2.05. The normalized spacial score (nSPS) is 10.6. The number of halogens is 1. The molecule has 0 fully saturated rings. The first-order valence-electron chi connectivity index (χ1n) is 6.98. The summed E-state index contributed by atoms with van der Waals surface area (Å²) in [6.45, 7) is 2.03. The fourth-order valence-corrected chi connectivity index (χ4v) is 2.29. The molecule has 2 aromatic carbocycles. The van der Waals surface area contributed by atoms with Crippen molar-refractivity contribution in [2.75, 3.05) is 11.9 Å². The number of carbonyl (C=O) groups excluding carboxylic acids is 1. The van der Waals surface area contributed by atoms with Gasteiger partial charge < -0.3 is 10.4 Å². The quantitative estimate of drug-likeness (QED) is 0.399. The summed E-state index contributed by atoms with van der Waals surface area (Å²) >= 11 is 3.11. The van der Waals surface area contributed by atoms with E-state index in [-0.39, 0.29) is 29.5 Å². The minimum Gasteiger partial charge on any atom is -0.506 e. The van der Waals surface area contributed by atoms with Crippen LogP contribution in [0, 0.1) is 11.8 Å². The van der Waals surface area contributed by atoms with Crippen LogP contribution in [0.15, 0.2) is 51.1 Å². The van der Waals surface area contributed by atoms with E-state index in [2.05, 4.69) is 37.0 Å². The fourth-order valence-electron chi connectivity index (χ4n) is 1.82. The molecule has 3 N–H and O–H groups in total. The number of nitroso groups, excluding NO2 is 1. The standard InChI is InChI=1S/C16H15BrN4O3/c1-10-2-4-12(5-3-10)18-9-15(22)20-19-8-11-6-13(21-24)7-14(17)16(11)23/h2-8,18,23H,9H2,1H3,(H,20,22)/b19-8+. The van der Waals surface area contributed by atoms with Gasteiger partial charge in [-0.3, -0.25) is 4.79 Å². The number of hydrogen-bond donors (Lipinski definition) is 3. The van der Waals surface area contributed by atoms with E-state index < -0.39 is 0 Å². The van der Waals surface area contributed by atoms with Crippen LogP contribution in [0.1, 0.15) is 11.1 Å². The number of amides is 1. The zero-order valence-electron chi connectivity index (χ0n) is 12.8. The Morgan fingerprint density at radius 1 is 1.29 bits per heavy atom. The maximum absolute atomic E-state index is 11.7. The number of aromatic hydroxyl groups is 1. The van der Waals surface area contributed by atoms with Gasteiger partial charge in [0.15, 0.2) is 0 Å². The average Bonchev–Trinajstić information content (AvgIpc) is 2.58. The summed E-state index contributed by atoms with van der Waals surface area (Å²) in [5.74, 6) is -0.451. The van der Waals surface area contributed by atoms with Crippen molar-refractivity contribution in [1.29, 1.82) is 0 Å². The number of carbonyl (C=O) groups is 1. The van der Waals surface area contributed by atoms with Crippen molar-refractivity contribution < 1.29 is 9.90 Å². The molecule has 0 unspecified atom stereocenters. The molecule has 2 aromatic rings. The Hall–Kier alpha value is -2.74. The molecule has 0 atom stereocenters. The Morgan fingerprint density at radius 3 is 2.67 bits per heavy atom. The van der Waals surface area contributed by atoms with Crippen molar-refractivity contribution in [3.8, 4) is 5.75 Å².